The molecule has 2 unspecified atom stereocenters. The third-order valence-corrected chi connectivity index (χ3v) is 9.57. The van der Waals surface area contributed by atoms with Crippen molar-refractivity contribution in [2.75, 3.05) is 10.8 Å². The molecular formula is C29H32BrCl2N3O4S. The Labute approximate surface area is 254 Å². The van der Waals surface area contributed by atoms with Gasteiger partial charge < -0.3 is 10.2 Å². The molecule has 0 aromatic heterocycles. The summed E-state index contributed by atoms with van der Waals surface area (Å²) in [6.07, 6.45) is 0.716. The van der Waals surface area contributed by atoms with Gasteiger partial charge in [-0.15, -0.1) is 0 Å². The van der Waals surface area contributed by atoms with Crippen LogP contribution < -0.4 is 9.62 Å². The van der Waals surface area contributed by atoms with Gasteiger partial charge in [-0.1, -0.05) is 82.0 Å². The van der Waals surface area contributed by atoms with E-state index in [1.807, 2.05) is 45.0 Å². The first kappa shape index (κ1) is 31.9. The van der Waals surface area contributed by atoms with Crippen LogP contribution in [0, 0.1) is 6.92 Å². The van der Waals surface area contributed by atoms with Crippen LogP contribution in [0.3, 0.4) is 0 Å². The van der Waals surface area contributed by atoms with Gasteiger partial charge in [-0.2, -0.15) is 0 Å². The third-order valence-electron chi connectivity index (χ3n) is 6.50. The molecule has 40 heavy (non-hydrogen) atoms. The van der Waals surface area contributed by atoms with Crippen molar-refractivity contribution in [2.24, 2.45) is 0 Å². The quantitative estimate of drug-likeness (QED) is 0.250. The summed E-state index contributed by atoms with van der Waals surface area (Å²) in [5.74, 6) is -0.926. The first-order valence-electron chi connectivity index (χ1n) is 12.7. The van der Waals surface area contributed by atoms with Gasteiger partial charge in [0.1, 0.15) is 12.6 Å². The minimum absolute atomic E-state index is 0.00578. The number of amides is 2. The topological polar surface area (TPSA) is 86.8 Å². The number of anilines is 1. The maximum absolute atomic E-state index is 14.0. The van der Waals surface area contributed by atoms with Crippen LogP contribution in [0.15, 0.2) is 76.1 Å². The number of benzene rings is 3. The molecule has 0 bridgehead atoms. The molecule has 2 atom stereocenters. The second kappa shape index (κ2) is 13.9. The van der Waals surface area contributed by atoms with E-state index in [4.69, 9.17) is 23.2 Å². The molecule has 3 aromatic rings. The van der Waals surface area contributed by atoms with Gasteiger partial charge in [-0.3, -0.25) is 13.9 Å². The molecule has 214 valence electrons. The molecule has 1 N–H and O–H groups in total. The second-order valence-electron chi connectivity index (χ2n) is 9.54. The summed E-state index contributed by atoms with van der Waals surface area (Å²) in [6.45, 7) is 6.76. The largest absolute Gasteiger partial charge is 0.352 e. The number of nitrogens with zero attached hydrogens (tertiary/aromatic N) is 2. The van der Waals surface area contributed by atoms with Crippen LogP contribution in [0.1, 0.15) is 38.3 Å². The Morgan fingerprint density at radius 3 is 2.27 bits per heavy atom. The predicted molar refractivity (Wildman–Crippen MR) is 164 cm³/mol. The lowest BCUT2D eigenvalue weighted by atomic mass is 10.1. The summed E-state index contributed by atoms with van der Waals surface area (Å²) >= 11 is 16.2. The van der Waals surface area contributed by atoms with E-state index in [9.17, 15) is 18.0 Å². The number of halogens is 3. The van der Waals surface area contributed by atoms with Gasteiger partial charge >= 0.3 is 0 Å². The Hall–Kier alpha value is -2.59. The summed E-state index contributed by atoms with van der Waals surface area (Å²) in [5, 5.41) is 3.05. The zero-order valence-electron chi connectivity index (χ0n) is 22.7. The van der Waals surface area contributed by atoms with E-state index in [0.29, 0.717) is 6.42 Å². The first-order valence-corrected chi connectivity index (χ1v) is 15.7. The highest BCUT2D eigenvalue weighted by atomic mass is 79.9. The lowest BCUT2D eigenvalue weighted by Gasteiger charge is -2.32. The van der Waals surface area contributed by atoms with Crippen LogP contribution in [0.5, 0.6) is 0 Å². The molecule has 11 heteroatoms. The van der Waals surface area contributed by atoms with E-state index in [2.05, 4.69) is 21.2 Å². The Kier molecular flexibility index (Phi) is 11.1. The van der Waals surface area contributed by atoms with Gasteiger partial charge in [0.25, 0.3) is 10.0 Å². The predicted octanol–water partition coefficient (Wildman–Crippen LogP) is 6.59. The molecule has 0 aliphatic carbocycles. The van der Waals surface area contributed by atoms with Crippen LogP contribution >= 0.6 is 39.1 Å². The molecule has 0 saturated heterocycles. The molecular weight excluding hydrogens is 637 g/mol. The number of hydrogen-bond acceptors (Lipinski definition) is 4. The fraction of sp³-hybridized carbons (Fsp3) is 0.310. The molecule has 3 rings (SSSR count). The number of aryl methyl sites for hydroxylation is 1. The summed E-state index contributed by atoms with van der Waals surface area (Å²) in [4.78, 5) is 28.5. The zero-order chi connectivity index (χ0) is 29.6. The Morgan fingerprint density at radius 1 is 1.00 bits per heavy atom. The van der Waals surface area contributed by atoms with E-state index in [-0.39, 0.29) is 39.1 Å². The van der Waals surface area contributed by atoms with Crippen LogP contribution in [-0.4, -0.2) is 43.8 Å². The second-order valence-corrected chi connectivity index (χ2v) is 13.1. The summed E-state index contributed by atoms with van der Waals surface area (Å²) < 4.78 is 29.6. The van der Waals surface area contributed by atoms with Gasteiger partial charge in [-0.05, 0) is 69.2 Å². The van der Waals surface area contributed by atoms with Crippen molar-refractivity contribution in [3.8, 4) is 0 Å². The van der Waals surface area contributed by atoms with Gasteiger partial charge in [-0.25, -0.2) is 8.42 Å². The highest BCUT2D eigenvalue weighted by Crippen LogP contribution is 2.35. The van der Waals surface area contributed by atoms with Crippen LogP contribution in [0.2, 0.25) is 10.0 Å². The SMILES string of the molecule is CCC(C)NC(=O)C(C)N(Cc1cccc(Br)c1)C(=O)CN(c1cccc(Cl)c1Cl)S(=O)(=O)c1ccc(C)cc1. The highest BCUT2D eigenvalue weighted by molar-refractivity contribution is 9.10. The lowest BCUT2D eigenvalue weighted by molar-refractivity contribution is -0.139. The number of nitrogens with one attached hydrogen (secondary N) is 1. The Balaban J connectivity index is 2.07. The van der Waals surface area contributed by atoms with Gasteiger partial charge in [0.15, 0.2) is 0 Å². The molecule has 0 radical (unpaired) electrons. The summed E-state index contributed by atoms with van der Waals surface area (Å²) in [5.41, 5.74) is 1.70. The molecule has 7 nitrogen and oxygen atoms in total. The van der Waals surface area contributed by atoms with Crippen molar-refractivity contribution in [2.45, 2.75) is 57.6 Å². The molecule has 0 fully saturated rings. The van der Waals surface area contributed by atoms with Gasteiger partial charge in [0.05, 0.1) is 20.6 Å². The standard InChI is InChI=1S/C29H32BrCl2N3O4S/c1-5-20(3)33-29(37)21(4)34(17-22-8-6-9-23(30)16-22)27(36)18-35(26-11-7-10-25(31)28(26)32)40(38,39)24-14-12-19(2)13-15-24/h6-16,20-21H,5,17-18H2,1-4H3,(H,33,37). The van der Waals surface area contributed by atoms with E-state index in [1.54, 1.807) is 25.1 Å². The smallest absolute Gasteiger partial charge is 0.264 e. The van der Waals surface area contributed by atoms with Crippen molar-refractivity contribution in [3.05, 3.63) is 92.4 Å². The van der Waals surface area contributed by atoms with Crippen LogP contribution in [-0.2, 0) is 26.2 Å². The summed E-state index contributed by atoms with van der Waals surface area (Å²) in [6, 6.07) is 17.3. The molecule has 0 aliphatic heterocycles. The Morgan fingerprint density at radius 2 is 1.65 bits per heavy atom. The number of carbonyl (C=O) groups excluding carboxylic acids is 2. The van der Waals surface area contributed by atoms with E-state index in [1.165, 1.54) is 29.2 Å². The van der Waals surface area contributed by atoms with Crippen LogP contribution in [0.25, 0.3) is 0 Å². The molecule has 3 aromatic carbocycles. The molecule has 0 aliphatic rings. The van der Waals surface area contributed by atoms with Crippen molar-refractivity contribution in [1.82, 2.24) is 10.2 Å². The number of rotatable bonds is 11. The van der Waals surface area contributed by atoms with Crippen LogP contribution in [0.4, 0.5) is 5.69 Å². The normalized spacial score (nSPS) is 12.9. The number of hydrogen-bond donors (Lipinski definition) is 1. The van der Waals surface area contributed by atoms with E-state index in [0.717, 1.165) is 19.9 Å². The monoisotopic (exact) mass is 667 g/mol. The average molecular weight is 669 g/mol. The van der Waals surface area contributed by atoms with E-state index < -0.39 is 28.5 Å². The third kappa shape index (κ3) is 7.78. The molecule has 2 amide bonds. The van der Waals surface area contributed by atoms with Crippen molar-refractivity contribution < 1.29 is 18.0 Å². The first-order chi connectivity index (χ1) is 18.8. The zero-order valence-corrected chi connectivity index (χ0v) is 26.6. The lowest BCUT2D eigenvalue weighted by Crippen LogP contribution is -2.52. The fourth-order valence-corrected chi connectivity index (χ4v) is 6.24. The highest BCUT2D eigenvalue weighted by Gasteiger charge is 2.34. The average Bonchev–Trinajstić information content (AvgIpc) is 2.91. The van der Waals surface area contributed by atoms with Crippen molar-refractivity contribution in [3.63, 3.8) is 0 Å². The molecule has 0 saturated carbocycles. The minimum atomic E-state index is -4.25. The maximum atomic E-state index is 14.0. The minimum Gasteiger partial charge on any atom is -0.352 e. The van der Waals surface area contributed by atoms with Gasteiger partial charge in [0.2, 0.25) is 11.8 Å². The Bertz CT molecular complexity index is 1470. The van der Waals surface area contributed by atoms with Crippen molar-refractivity contribution in [1.29, 1.82) is 0 Å². The fourth-order valence-electron chi connectivity index (χ4n) is 3.92. The summed E-state index contributed by atoms with van der Waals surface area (Å²) in [7, 11) is -4.25. The van der Waals surface area contributed by atoms with Gasteiger partial charge in [0, 0.05) is 17.1 Å². The number of sulfonamides is 1. The molecule has 0 spiro atoms. The molecule has 0 heterocycles. The maximum Gasteiger partial charge on any atom is 0.264 e. The van der Waals surface area contributed by atoms with Crippen molar-refractivity contribution >= 4 is 66.7 Å². The van der Waals surface area contributed by atoms with E-state index >= 15 is 0 Å². The number of carbonyl (C=O) groups is 2.